The van der Waals surface area contributed by atoms with Crippen LogP contribution in [0.5, 0.6) is 5.75 Å². The first kappa shape index (κ1) is 25.6. The first-order valence-electron chi connectivity index (χ1n) is 12.1. The van der Waals surface area contributed by atoms with E-state index in [1.165, 1.54) is 0 Å². The lowest BCUT2D eigenvalue weighted by Gasteiger charge is -2.36. The van der Waals surface area contributed by atoms with Crippen molar-refractivity contribution in [2.45, 2.75) is 32.6 Å². The summed E-state index contributed by atoms with van der Waals surface area (Å²) in [4.78, 5) is 30.5. The number of carbonyl (C=O) groups is 2. The fraction of sp³-hybridized carbons (Fsp3) is 0.462. The number of imide groups is 1. The monoisotopic (exact) mass is 519 g/mol. The van der Waals surface area contributed by atoms with Crippen LogP contribution in [0.1, 0.15) is 31.7 Å². The Bertz CT molecular complexity index is 1060. The molecule has 0 aliphatic carbocycles. The Hall–Kier alpha value is -2.48. The summed E-state index contributed by atoms with van der Waals surface area (Å²) in [5.74, 6) is 0.408. The van der Waals surface area contributed by atoms with Crippen molar-refractivity contribution in [1.82, 2.24) is 4.90 Å². The highest BCUT2D eigenvalue weighted by Gasteiger charge is 2.31. The second kappa shape index (κ2) is 12.0. The number of unbranched alkanes of at least 4 members (excludes halogenated alkanes) is 1. The van der Waals surface area contributed by atoms with Crippen LogP contribution >= 0.6 is 23.2 Å². The number of hydrogen-bond donors (Lipinski definition) is 0. The van der Waals surface area contributed by atoms with E-state index in [2.05, 4.69) is 9.80 Å². The van der Waals surface area contributed by atoms with Crippen LogP contribution in [0, 0.1) is 0 Å². The molecule has 0 radical (unpaired) electrons. The van der Waals surface area contributed by atoms with Gasteiger partial charge >= 0.3 is 6.09 Å². The summed E-state index contributed by atoms with van der Waals surface area (Å²) in [5, 5.41) is 1.21. The molecule has 2 aromatic carbocycles. The van der Waals surface area contributed by atoms with Crippen LogP contribution in [-0.4, -0.2) is 62.8 Å². The Morgan fingerprint density at radius 2 is 1.80 bits per heavy atom. The maximum atomic E-state index is 12.3. The maximum Gasteiger partial charge on any atom is 0.421 e. The van der Waals surface area contributed by atoms with Gasteiger partial charge in [-0.05, 0) is 56.5 Å². The first-order valence-corrected chi connectivity index (χ1v) is 12.9. The average Bonchev–Trinajstić information content (AvgIpc) is 2.86. The van der Waals surface area contributed by atoms with Gasteiger partial charge in [-0.2, -0.15) is 0 Å². The molecule has 2 aromatic rings. The number of carbonyl (C=O) groups excluding carboxylic acids is 2. The number of anilines is 2. The summed E-state index contributed by atoms with van der Waals surface area (Å²) < 4.78 is 11.0. The number of rotatable bonds is 8. The number of piperazine rings is 1. The lowest BCUT2D eigenvalue weighted by molar-refractivity contribution is -0.118. The van der Waals surface area contributed by atoms with Crippen LogP contribution in [0.2, 0.25) is 10.0 Å². The number of ether oxygens (including phenoxy) is 2. The molecular weight excluding hydrogens is 489 g/mol. The molecule has 9 heteroatoms. The third kappa shape index (κ3) is 6.21. The molecule has 7 nitrogen and oxygen atoms in total. The van der Waals surface area contributed by atoms with Gasteiger partial charge in [0.1, 0.15) is 5.75 Å². The molecule has 0 unspecified atom stereocenters. The van der Waals surface area contributed by atoms with Crippen LogP contribution in [0.3, 0.4) is 0 Å². The molecular formula is C26H31Cl2N3O4. The van der Waals surface area contributed by atoms with E-state index in [0.717, 1.165) is 61.7 Å². The largest absolute Gasteiger partial charge is 0.494 e. The van der Waals surface area contributed by atoms with E-state index < -0.39 is 6.09 Å². The van der Waals surface area contributed by atoms with Crippen molar-refractivity contribution in [2.75, 3.05) is 55.7 Å². The number of aryl methyl sites for hydroxylation is 1. The Morgan fingerprint density at radius 1 is 1.00 bits per heavy atom. The van der Waals surface area contributed by atoms with Gasteiger partial charge in [0.25, 0.3) is 0 Å². The van der Waals surface area contributed by atoms with Gasteiger partial charge in [0, 0.05) is 38.7 Å². The number of halogens is 2. The molecule has 0 N–H and O–H groups in total. The quantitative estimate of drug-likeness (QED) is 0.434. The van der Waals surface area contributed by atoms with E-state index in [-0.39, 0.29) is 12.5 Å². The van der Waals surface area contributed by atoms with Gasteiger partial charge in [-0.15, -0.1) is 0 Å². The van der Waals surface area contributed by atoms with E-state index in [0.29, 0.717) is 40.9 Å². The smallest absolute Gasteiger partial charge is 0.421 e. The molecule has 2 aliphatic heterocycles. The van der Waals surface area contributed by atoms with Gasteiger partial charge in [0.15, 0.2) is 0 Å². The molecule has 0 aromatic heterocycles. The SMILES string of the molecule is CCOC(=O)N1C(=O)CCc2ccc(OCCCCN3CCN(c4cccc(Cl)c4Cl)CC3)cc21. The normalized spacial score (nSPS) is 16.3. The topological polar surface area (TPSA) is 62.3 Å². The minimum atomic E-state index is -0.631. The Kier molecular flexibility index (Phi) is 8.76. The van der Waals surface area contributed by atoms with Gasteiger partial charge in [0.05, 0.1) is 34.6 Å². The third-order valence-corrected chi connectivity index (χ3v) is 7.20. The highest BCUT2D eigenvalue weighted by atomic mass is 35.5. The van der Waals surface area contributed by atoms with Gasteiger partial charge in [-0.25, -0.2) is 9.69 Å². The fourth-order valence-electron chi connectivity index (χ4n) is 4.51. The zero-order valence-corrected chi connectivity index (χ0v) is 21.5. The van der Waals surface area contributed by atoms with Crippen LogP contribution in [0.25, 0.3) is 0 Å². The number of amides is 2. The minimum absolute atomic E-state index is 0.220. The summed E-state index contributed by atoms with van der Waals surface area (Å²) in [6, 6.07) is 11.4. The summed E-state index contributed by atoms with van der Waals surface area (Å²) in [6.45, 7) is 7.32. The third-order valence-electron chi connectivity index (χ3n) is 6.39. The number of nitrogens with zero attached hydrogens (tertiary/aromatic N) is 3. The molecule has 0 bridgehead atoms. The fourth-order valence-corrected chi connectivity index (χ4v) is 4.92. The highest BCUT2D eigenvalue weighted by Crippen LogP contribution is 2.33. The predicted octanol–water partition coefficient (Wildman–Crippen LogP) is 5.41. The number of fused-ring (bicyclic) bond motifs is 1. The second-order valence-corrected chi connectivity index (χ2v) is 9.46. The molecule has 0 spiro atoms. The van der Waals surface area contributed by atoms with Crippen molar-refractivity contribution >= 4 is 46.6 Å². The van der Waals surface area contributed by atoms with Crippen LogP contribution in [0.15, 0.2) is 36.4 Å². The van der Waals surface area contributed by atoms with E-state index in [4.69, 9.17) is 32.7 Å². The second-order valence-electron chi connectivity index (χ2n) is 8.68. The summed E-state index contributed by atoms with van der Waals surface area (Å²) in [6.07, 6.45) is 2.22. The molecule has 0 atom stereocenters. The van der Waals surface area contributed by atoms with Crippen LogP contribution in [0.4, 0.5) is 16.2 Å². The average molecular weight is 520 g/mol. The Morgan fingerprint density at radius 3 is 2.57 bits per heavy atom. The molecule has 4 rings (SSSR count). The summed E-state index contributed by atoms with van der Waals surface area (Å²) >= 11 is 12.5. The molecule has 0 saturated carbocycles. The zero-order valence-electron chi connectivity index (χ0n) is 20.0. The summed E-state index contributed by atoms with van der Waals surface area (Å²) in [5.41, 5.74) is 2.51. The van der Waals surface area contributed by atoms with Crippen molar-refractivity contribution in [3.63, 3.8) is 0 Å². The lowest BCUT2D eigenvalue weighted by atomic mass is 10.0. The molecule has 2 aliphatic rings. The van der Waals surface area contributed by atoms with Crippen molar-refractivity contribution in [2.24, 2.45) is 0 Å². The van der Waals surface area contributed by atoms with Gasteiger partial charge in [0.2, 0.25) is 5.91 Å². The van der Waals surface area contributed by atoms with Gasteiger partial charge in [-0.3, -0.25) is 9.69 Å². The predicted molar refractivity (Wildman–Crippen MR) is 139 cm³/mol. The standard InChI is InChI=1S/C26H31Cl2N3O4/c1-2-34-26(33)31-23-18-20(10-8-19(23)9-11-24(31)32)35-17-4-3-12-29-13-15-30(16-14-29)22-7-5-6-21(27)25(22)28/h5-8,10,18H,2-4,9,11-17H2,1H3. The van der Waals surface area contributed by atoms with Crippen molar-refractivity contribution in [3.8, 4) is 5.75 Å². The zero-order chi connectivity index (χ0) is 24.8. The van der Waals surface area contributed by atoms with E-state index in [9.17, 15) is 9.59 Å². The first-order chi connectivity index (χ1) is 17.0. The van der Waals surface area contributed by atoms with E-state index in [1.54, 1.807) is 13.0 Å². The minimum Gasteiger partial charge on any atom is -0.494 e. The molecule has 188 valence electrons. The lowest BCUT2D eigenvalue weighted by Crippen LogP contribution is -2.46. The summed E-state index contributed by atoms with van der Waals surface area (Å²) in [7, 11) is 0. The molecule has 2 heterocycles. The molecule has 1 fully saturated rings. The maximum absolute atomic E-state index is 12.3. The number of hydrogen-bond acceptors (Lipinski definition) is 6. The molecule has 35 heavy (non-hydrogen) atoms. The van der Waals surface area contributed by atoms with Crippen LogP contribution in [-0.2, 0) is 16.0 Å². The number of benzene rings is 2. The molecule has 1 saturated heterocycles. The van der Waals surface area contributed by atoms with E-state index >= 15 is 0 Å². The Balaban J connectivity index is 1.21. The van der Waals surface area contributed by atoms with Gasteiger partial charge < -0.3 is 14.4 Å². The van der Waals surface area contributed by atoms with Crippen molar-refractivity contribution in [3.05, 3.63) is 52.0 Å². The highest BCUT2D eigenvalue weighted by molar-refractivity contribution is 6.43. The van der Waals surface area contributed by atoms with Crippen molar-refractivity contribution < 1.29 is 19.1 Å². The van der Waals surface area contributed by atoms with E-state index in [1.807, 2.05) is 30.3 Å². The van der Waals surface area contributed by atoms with Crippen LogP contribution < -0.4 is 14.5 Å². The molecule has 2 amide bonds. The van der Waals surface area contributed by atoms with Crippen molar-refractivity contribution in [1.29, 1.82) is 0 Å². The Labute approximate surface area is 216 Å². The van der Waals surface area contributed by atoms with Gasteiger partial charge in [-0.1, -0.05) is 35.3 Å².